The molecule has 0 amide bonds. The predicted molar refractivity (Wildman–Crippen MR) is 77.0 cm³/mol. The van der Waals surface area contributed by atoms with Gasteiger partial charge in [-0.25, -0.2) is 4.98 Å². The zero-order valence-corrected chi connectivity index (χ0v) is 11.9. The molecule has 1 heterocycles. The third-order valence-electron chi connectivity index (χ3n) is 3.08. The lowest BCUT2D eigenvalue weighted by Gasteiger charge is -2.17. The summed E-state index contributed by atoms with van der Waals surface area (Å²) in [4.78, 5) is 5.76. The van der Waals surface area contributed by atoms with Gasteiger partial charge in [-0.1, -0.05) is 12.1 Å². The van der Waals surface area contributed by atoms with E-state index in [0.29, 0.717) is 0 Å². The van der Waals surface area contributed by atoms with Crippen molar-refractivity contribution in [1.82, 2.24) is 14.9 Å². The van der Waals surface area contributed by atoms with Crippen LogP contribution in [-0.2, 0) is 6.54 Å². The Labute approximate surface area is 113 Å². The molecule has 2 aromatic rings. The van der Waals surface area contributed by atoms with E-state index in [2.05, 4.69) is 52.3 Å². The van der Waals surface area contributed by atoms with E-state index in [-0.39, 0.29) is 6.04 Å². The molecule has 0 fully saturated rings. The van der Waals surface area contributed by atoms with Crippen LogP contribution in [0.5, 0.6) is 0 Å². The lowest BCUT2D eigenvalue weighted by Crippen LogP contribution is -2.21. The van der Waals surface area contributed by atoms with Gasteiger partial charge in [0.05, 0.1) is 6.04 Å². The van der Waals surface area contributed by atoms with Gasteiger partial charge in [-0.2, -0.15) is 0 Å². The predicted octanol–water partition coefficient (Wildman–Crippen LogP) is 2.93. The second-order valence-electron chi connectivity index (χ2n) is 4.07. The van der Waals surface area contributed by atoms with Crippen molar-refractivity contribution in [3.05, 3.63) is 48.0 Å². The van der Waals surface area contributed by atoms with Gasteiger partial charge in [0, 0.05) is 23.8 Å². The summed E-state index contributed by atoms with van der Waals surface area (Å²) >= 11 is 1.76. The molecular formula is C14H19N3S. The molecular weight excluding hydrogens is 242 g/mol. The maximum absolute atomic E-state index is 4.47. The Morgan fingerprint density at radius 2 is 2.06 bits per heavy atom. The van der Waals surface area contributed by atoms with Crippen LogP contribution in [0.2, 0.25) is 0 Å². The highest BCUT2D eigenvalue weighted by Gasteiger charge is 2.16. The monoisotopic (exact) mass is 261 g/mol. The fourth-order valence-electron chi connectivity index (χ4n) is 2.09. The topological polar surface area (TPSA) is 29.9 Å². The number of nitrogens with zero attached hydrogens (tertiary/aromatic N) is 2. The fraction of sp³-hybridized carbons (Fsp3) is 0.357. The smallest absolute Gasteiger partial charge is 0.130 e. The van der Waals surface area contributed by atoms with Crippen molar-refractivity contribution in [2.24, 2.45) is 0 Å². The van der Waals surface area contributed by atoms with Crippen LogP contribution in [0, 0.1) is 0 Å². The minimum Gasteiger partial charge on any atom is -0.334 e. The van der Waals surface area contributed by atoms with E-state index >= 15 is 0 Å². The first-order valence-electron chi connectivity index (χ1n) is 6.12. The molecule has 1 aromatic heterocycles. The SMILES string of the molecule is CCn1ccnc1C(NC)c1ccc(SC)cc1. The van der Waals surface area contributed by atoms with Crippen LogP contribution in [0.15, 0.2) is 41.6 Å². The molecule has 1 unspecified atom stereocenters. The molecule has 96 valence electrons. The van der Waals surface area contributed by atoms with Gasteiger partial charge in [0.2, 0.25) is 0 Å². The van der Waals surface area contributed by atoms with Crippen molar-refractivity contribution in [3.63, 3.8) is 0 Å². The van der Waals surface area contributed by atoms with Gasteiger partial charge >= 0.3 is 0 Å². The van der Waals surface area contributed by atoms with Crippen molar-refractivity contribution in [2.45, 2.75) is 24.4 Å². The highest BCUT2D eigenvalue weighted by molar-refractivity contribution is 7.98. The van der Waals surface area contributed by atoms with E-state index in [1.807, 2.05) is 19.4 Å². The van der Waals surface area contributed by atoms with E-state index in [4.69, 9.17) is 0 Å². The first-order valence-corrected chi connectivity index (χ1v) is 7.34. The third-order valence-corrected chi connectivity index (χ3v) is 3.83. The number of thioether (sulfide) groups is 1. The molecule has 1 N–H and O–H groups in total. The van der Waals surface area contributed by atoms with Gasteiger partial charge in [0.25, 0.3) is 0 Å². The maximum atomic E-state index is 4.47. The quantitative estimate of drug-likeness (QED) is 0.839. The summed E-state index contributed by atoms with van der Waals surface area (Å²) < 4.78 is 2.17. The Morgan fingerprint density at radius 1 is 1.33 bits per heavy atom. The largest absolute Gasteiger partial charge is 0.334 e. The second-order valence-corrected chi connectivity index (χ2v) is 4.95. The molecule has 0 spiro atoms. The molecule has 0 aliphatic carbocycles. The van der Waals surface area contributed by atoms with E-state index in [9.17, 15) is 0 Å². The molecule has 1 atom stereocenters. The first-order chi connectivity index (χ1) is 8.80. The van der Waals surface area contributed by atoms with Gasteiger partial charge in [-0.3, -0.25) is 0 Å². The number of aryl methyl sites for hydroxylation is 1. The molecule has 0 radical (unpaired) electrons. The van der Waals surface area contributed by atoms with E-state index in [1.165, 1.54) is 10.5 Å². The summed E-state index contributed by atoms with van der Waals surface area (Å²) in [6.45, 7) is 3.07. The van der Waals surface area contributed by atoms with Crippen LogP contribution < -0.4 is 5.32 Å². The maximum Gasteiger partial charge on any atom is 0.130 e. The lowest BCUT2D eigenvalue weighted by molar-refractivity contribution is 0.590. The van der Waals surface area contributed by atoms with Gasteiger partial charge < -0.3 is 9.88 Å². The Bertz CT molecular complexity index is 490. The summed E-state index contributed by atoms with van der Waals surface area (Å²) in [7, 11) is 1.97. The number of hydrogen-bond donors (Lipinski definition) is 1. The minimum absolute atomic E-state index is 0.149. The van der Waals surface area contributed by atoms with Gasteiger partial charge in [-0.05, 0) is 37.9 Å². The minimum atomic E-state index is 0.149. The summed E-state index contributed by atoms with van der Waals surface area (Å²) in [5, 5.41) is 3.34. The van der Waals surface area contributed by atoms with Crippen molar-refractivity contribution >= 4 is 11.8 Å². The first kappa shape index (κ1) is 13.2. The van der Waals surface area contributed by atoms with E-state index in [1.54, 1.807) is 11.8 Å². The summed E-state index contributed by atoms with van der Waals surface area (Å²) in [5.74, 6) is 1.07. The number of aromatic nitrogens is 2. The van der Waals surface area contributed by atoms with Crippen LogP contribution in [-0.4, -0.2) is 22.9 Å². The van der Waals surface area contributed by atoms with Gasteiger partial charge in [0.1, 0.15) is 5.82 Å². The number of imidazole rings is 1. The molecule has 0 aliphatic heterocycles. The van der Waals surface area contributed by atoms with Crippen LogP contribution >= 0.6 is 11.8 Å². The summed E-state index contributed by atoms with van der Waals surface area (Å²) in [6, 6.07) is 8.80. The molecule has 0 saturated heterocycles. The van der Waals surface area contributed by atoms with Crippen LogP contribution in [0.3, 0.4) is 0 Å². The van der Waals surface area contributed by atoms with Crippen LogP contribution in [0.1, 0.15) is 24.4 Å². The van der Waals surface area contributed by atoms with Crippen molar-refractivity contribution in [3.8, 4) is 0 Å². The van der Waals surface area contributed by atoms with Crippen molar-refractivity contribution in [1.29, 1.82) is 0 Å². The molecule has 0 saturated carbocycles. The molecule has 4 heteroatoms. The lowest BCUT2D eigenvalue weighted by atomic mass is 10.1. The summed E-state index contributed by atoms with van der Waals surface area (Å²) in [5.41, 5.74) is 1.25. The second kappa shape index (κ2) is 6.07. The third kappa shape index (κ3) is 2.60. The Morgan fingerprint density at radius 3 is 2.61 bits per heavy atom. The zero-order valence-electron chi connectivity index (χ0n) is 11.1. The normalized spacial score (nSPS) is 12.6. The number of nitrogens with one attached hydrogen (secondary N) is 1. The average molecular weight is 261 g/mol. The number of rotatable bonds is 5. The Kier molecular flexibility index (Phi) is 4.44. The van der Waals surface area contributed by atoms with Crippen molar-refractivity contribution in [2.75, 3.05) is 13.3 Å². The highest BCUT2D eigenvalue weighted by atomic mass is 32.2. The van der Waals surface area contributed by atoms with Crippen LogP contribution in [0.25, 0.3) is 0 Å². The van der Waals surface area contributed by atoms with E-state index < -0.39 is 0 Å². The number of benzene rings is 1. The highest BCUT2D eigenvalue weighted by Crippen LogP contribution is 2.23. The molecule has 3 nitrogen and oxygen atoms in total. The van der Waals surface area contributed by atoms with Gasteiger partial charge in [-0.15, -0.1) is 11.8 Å². The van der Waals surface area contributed by atoms with Crippen LogP contribution in [0.4, 0.5) is 0 Å². The summed E-state index contributed by atoms with van der Waals surface area (Å²) in [6.07, 6.45) is 5.98. The Balaban J connectivity index is 2.32. The average Bonchev–Trinajstić information content (AvgIpc) is 2.89. The van der Waals surface area contributed by atoms with Gasteiger partial charge in [0.15, 0.2) is 0 Å². The molecule has 0 bridgehead atoms. The molecule has 0 aliphatic rings. The number of hydrogen-bond acceptors (Lipinski definition) is 3. The van der Waals surface area contributed by atoms with Crippen molar-refractivity contribution < 1.29 is 0 Å². The fourth-order valence-corrected chi connectivity index (χ4v) is 2.50. The van der Waals surface area contributed by atoms with E-state index in [0.717, 1.165) is 12.4 Å². The standard InChI is InChI=1S/C14H19N3S/c1-4-17-10-9-16-14(17)13(15-2)11-5-7-12(18-3)8-6-11/h5-10,13,15H,4H2,1-3H3. The molecule has 1 aromatic carbocycles. The molecule has 2 rings (SSSR count). The molecule has 18 heavy (non-hydrogen) atoms. The Hall–Kier alpha value is -1.26. The zero-order chi connectivity index (χ0) is 13.0.